The highest BCUT2D eigenvalue weighted by Crippen LogP contribution is 2.29. The van der Waals surface area contributed by atoms with Gasteiger partial charge in [-0.1, -0.05) is 29.8 Å². The summed E-state index contributed by atoms with van der Waals surface area (Å²) < 4.78 is 19.0. The lowest BCUT2D eigenvalue weighted by atomic mass is 10.2. The lowest BCUT2D eigenvalue weighted by Gasteiger charge is -2.09. The predicted octanol–water partition coefficient (Wildman–Crippen LogP) is 3.46. The van der Waals surface area contributed by atoms with Crippen LogP contribution in [-0.2, 0) is 13.2 Å². The summed E-state index contributed by atoms with van der Waals surface area (Å²) in [4.78, 5) is 10.3. The molecule has 0 aliphatic heterocycles. The summed E-state index contributed by atoms with van der Waals surface area (Å²) in [5, 5.41) is 19.9. The third-order valence-electron chi connectivity index (χ3n) is 2.82. The zero-order chi connectivity index (χ0) is 15.4. The number of aliphatic hydroxyl groups is 1. The molecule has 21 heavy (non-hydrogen) atoms. The Morgan fingerprint density at radius 2 is 2.10 bits per heavy atom. The summed E-state index contributed by atoms with van der Waals surface area (Å²) in [6.07, 6.45) is 0. The van der Waals surface area contributed by atoms with E-state index >= 15 is 0 Å². The van der Waals surface area contributed by atoms with Crippen molar-refractivity contribution in [3.8, 4) is 5.75 Å². The molecule has 5 nitrogen and oxygen atoms in total. The third-order valence-corrected chi connectivity index (χ3v) is 3.11. The van der Waals surface area contributed by atoms with Crippen molar-refractivity contribution in [3.05, 3.63) is 68.5 Å². The van der Waals surface area contributed by atoms with Gasteiger partial charge in [0.15, 0.2) is 5.75 Å². The van der Waals surface area contributed by atoms with Crippen molar-refractivity contribution < 1.29 is 19.2 Å². The van der Waals surface area contributed by atoms with E-state index in [1.807, 2.05) is 0 Å². The summed E-state index contributed by atoms with van der Waals surface area (Å²) in [7, 11) is 0. The molecule has 0 unspecified atom stereocenters. The number of aliphatic hydroxyl groups excluding tert-OH is 1. The molecule has 2 aromatic rings. The standard InChI is InChI=1S/C14H11ClFNO4/c15-11-3-1-2-10(14(11)16)8-21-13-5-4-9(7-18)6-12(13)17(19)20/h1-6,18H,7-8H2. The van der Waals surface area contributed by atoms with Gasteiger partial charge in [-0.3, -0.25) is 10.1 Å². The van der Waals surface area contributed by atoms with Crippen molar-refractivity contribution in [1.29, 1.82) is 0 Å². The maximum Gasteiger partial charge on any atom is 0.311 e. The van der Waals surface area contributed by atoms with Crippen molar-refractivity contribution >= 4 is 17.3 Å². The molecule has 0 spiro atoms. The van der Waals surface area contributed by atoms with Gasteiger partial charge in [0.2, 0.25) is 0 Å². The van der Waals surface area contributed by atoms with Crippen LogP contribution < -0.4 is 4.74 Å². The number of benzene rings is 2. The Morgan fingerprint density at radius 1 is 1.33 bits per heavy atom. The van der Waals surface area contributed by atoms with Crippen LogP contribution in [0, 0.1) is 15.9 Å². The topological polar surface area (TPSA) is 72.6 Å². The molecule has 0 saturated heterocycles. The van der Waals surface area contributed by atoms with Gasteiger partial charge in [0.25, 0.3) is 0 Å². The van der Waals surface area contributed by atoms with Gasteiger partial charge in [-0.15, -0.1) is 0 Å². The van der Waals surface area contributed by atoms with Crippen molar-refractivity contribution in [3.63, 3.8) is 0 Å². The van der Waals surface area contributed by atoms with Gasteiger partial charge in [0, 0.05) is 11.6 Å². The molecule has 0 aromatic heterocycles. The number of halogens is 2. The number of nitro groups is 1. The molecule has 0 saturated carbocycles. The highest BCUT2D eigenvalue weighted by Gasteiger charge is 2.17. The Morgan fingerprint density at radius 3 is 2.76 bits per heavy atom. The second-order valence-corrected chi connectivity index (χ2v) is 4.63. The number of nitro benzene ring substituents is 1. The first-order chi connectivity index (χ1) is 10.0. The quantitative estimate of drug-likeness (QED) is 0.678. The van der Waals surface area contributed by atoms with Crippen molar-refractivity contribution in [2.45, 2.75) is 13.2 Å². The van der Waals surface area contributed by atoms with Gasteiger partial charge >= 0.3 is 5.69 Å². The molecule has 0 radical (unpaired) electrons. The van der Waals surface area contributed by atoms with Gasteiger partial charge in [-0.05, 0) is 17.7 Å². The Bertz CT molecular complexity index is 678. The van der Waals surface area contributed by atoms with Crippen LogP contribution >= 0.6 is 11.6 Å². The minimum atomic E-state index is -0.622. The second-order valence-electron chi connectivity index (χ2n) is 4.22. The monoisotopic (exact) mass is 311 g/mol. The lowest BCUT2D eigenvalue weighted by molar-refractivity contribution is -0.386. The largest absolute Gasteiger partial charge is 0.482 e. The van der Waals surface area contributed by atoms with E-state index in [1.165, 1.54) is 30.3 Å². The Balaban J connectivity index is 2.23. The normalized spacial score (nSPS) is 10.4. The number of hydrogen-bond acceptors (Lipinski definition) is 4. The maximum absolute atomic E-state index is 13.7. The number of nitrogens with zero attached hydrogens (tertiary/aromatic N) is 1. The van der Waals surface area contributed by atoms with Gasteiger partial charge in [-0.2, -0.15) is 0 Å². The molecule has 110 valence electrons. The first-order valence-corrected chi connectivity index (χ1v) is 6.34. The molecule has 2 aromatic carbocycles. The van der Waals surface area contributed by atoms with Gasteiger partial charge in [0.1, 0.15) is 12.4 Å². The molecule has 0 aliphatic carbocycles. The molecule has 0 bridgehead atoms. The summed E-state index contributed by atoms with van der Waals surface area (Å²) in [6, 6.07) is 8.52. The highest BCUT2D eigenvalue weighted by atomic mass is 35.5. The first kappa shape index (κ1) is 15.2. The zero-order valence-corrected chi connectivity index (χ0v) is 11.5. The SMILES string of the molecule is O=[N+]([O-])c1cc(CO)ccc1OCc1cccc(Cl)c1F. The van der Waals surface area contributed by atoms with E-state index in [1.54, 1.807) is 6.07 Å². The van der Waals surface area contributed by atoms with E-state index in [0.717, 1.165) is 0 Å². The first-order valence-electron chi connectivity index (χ1n) is 5.96. The van der Waals surface area contributed by atoms with Crippen LogP contribution in [0.5, 0.6) is 5.75 Å². The summed E-state index contributed by atoms with van der Waals surface area (Å²) in [5.74, 6) is -0.620. The third kappa shape index (κ3) is 3.48. The number of hydrogen-bond donors (Lipinski definition) is 1. The Kier molecular flexibility index (Phi) is 4.72. The fourth-order valence-electron chi connectivity index (χ4n) is 1.74. The summed E-state index contributed by atoms with van der Waals surface area (Å²) in [6.45, 7) is -0.504. The van der Waals surface area contributed by atoms with E-state index in [4.69, 9.17) is 21.4 Å². The van der Waals surface area contributed by atoms with Crippen LogP contribution in [0.2, 0.25) is 5.02 Å². The van der Waals surface area contributed by atoms with E-state index in [2.05, 4.69) is 0 Å². The molecule has 0 aliphatic rings. The summed E-state index contributed by atoms with van der Waals surface area (Å²) in [5.41, 5.74) is 0.301. The lowest BCUT2D eigenvalue weighted by Crippen LogP contribution is -2.02. The minimum Gasteiger partial charge on any atom is -0.482 e. The summed E-state index contributed by atoms with van der Waals surface area (Å²) >= 11 is 5.65. The van der Waals surface area contributed by atoms with Crippen LogP contribution in [0.25, 0.3) is 0 Å². The van der Waals surface area contributed by atoms with E-state index in [0.29, 0.717) is 5.56 Å². The van der Waals surface area contributed by atoms with Crippen LogP contribution in [0.1, 0.15) is 11.1 Å². The molecular weight excluding hydrogens is 301 g/mol. The van der Waals surface area contributed by atoms with Crippen LogP contribution in [0.3, 0.4) is 0 Å². The van der Waals surface area contributed by atoms with Gasteiger partial charge < -0.3 is 9.84 Å². The van der Waals surface area contributed by atoms with E-state index < -0.39 is 10.7 Å². The predicted molar refractivity (Wildman–Crippen MR) is 74.8 cm³/mol. The van der Waals surface area contributed by atoms with Crippen LogP contribution in [-0.4, -0.2) is 10.0 Å². The molecule has 0 fully saturated rings. The van der Waals surface area contributed by atoms with Crippen molar-refractivity contribution in [2.24, 2.45) is 0 Å². The number of ether oxygens (including phenoxy) is 1. The smallest absolute Gasteiger partial charge is 0.311 e. The molecule has 0 atom stereocenters. The average molecular weight is 312 g/mol. The van der Waals surface area contributed by atoms with Crippen LogP contribution in [0.15, 0.2) is 36.4 Å². The molecule has 0 heterocycles. The molecule has 1 N–H and O–H groups in total. The average Bonchev–Trinajstić information content (AvgIpc) is 2.48. The molecular formula is C14H11ClFNO4. The fraction of sp³-hybridized carbons (Fsp3) is 0.143. The second kappa shape index (κ2) is 6.51. The Hall–Kier alpha value is -2.18. The molecule has 0 amide bonds. The van der Waals surface area contributed by atoms with Crippen molar-refractivity contribution in [1.82, 2.24) is 0 Å². The molecule has 2 rings (SSSR count). The maximum atomic E-state index is 13.7. The van der Waals surface area contributed by atoms with E-state index in [9.17, 15) is 14.5 Å². The van der Waals surface area contributed by atoms with E-state index in [-0.39, 0.29) is 35.2 Å². The van der Waals surface area contributed by atoms with Crippen LogP contribution in [0.4, 0.5) is 10.1 Å². The van der Waals surface area contributed by atoms with Gasteiger partial charge in [-0.25, -0.2) is 4.39 Å². The minimum absolute atomic E-state index is 0.00317. The Labute approximate surface area is 124 Å². The number of rotatable bonds is 5. The highest BCUT2D eigenvalue weighted by molar-refractivity contribution is 6.30. The van der Waals surface area contributed by atoms with Crippen molar-refractivity contribution in [2.75, 3.05) is 0 Å². The fourth-order valence-corrected chi connectivity index (χ4v) is 1.94. The molecule has 7 heteroatoms. The zero-order valence-electron chi connectivity index (χ0n) is 10.8. The van der Waals surface area contributed by atoms with Gasteiger partial charge in [0.05, 0.1) is 16.6 Å².